The summed E-state index contributed by atoms with van der Waals surface area (Å²) in [4.78, 5) is 10.0. The number of likely N-dealkylation sites (tertiary alicyclic amines) is 1. The second-order valence-electron chi connectivity index (χ2n) is 7.92. The van der Waals surface area contributed by atoms with Crippen molar-refractivity contribution in [1.82, 2.24) is 19.4 Å². The normalized spacial score (nSPS) is 24.2. The van der Waals surface area contributed by atoms with E-state index in [-0.39, 0.29) is 0 Å². The Hall–Kier alpha value is -0.910. The average molecular weight is 335 g/mol. The molecule has 2 aliphatic heterocycles. The van der Waals surface area contributed by atoms with Gasteiger partial charge in [0.2, 0.25) is 0 Å². The third-order valence-corrected chi connectivity index (χ3v) is 5.56. The lowest BCUT2D eigenvalue weighted by atomic mass is 9.87. The Kier molecular flexibility index (Phi) is 6.31. The van der Waals surface area contributed by atoms with E-state index in [0.717, 1.165) is 32.6 Å². The van der Waals surface area contributed by atoms with Crippen LogP contribution in [0.15, 0.2) is 12.4 Å². The molecule has 0 saturated carbocycles. The molecule has 5 nitrogen and oxygen atoms in total. The summed E-state index contributed by atoms with van der Waals surface area (Å²) in [7, 11) is 0. The van der Waals surface area contributed by atoms with Crippen molar-refractivity contribution >= 4 is 0 Å². The SMILES string of the molecule is CC(C)CN1CCCn2ccnc2C1C1CCN(CCCO)CC1. The van der Waals surface area contributed by atoms with Gasteiger partial charge in [0.1, 0.15) is 5.82 Å². The number of piperidine rings is 1. The lowest BCUT2D eigenvalue weighted by Gasteiger charge is -2.40. The zero-order valence-electron chi connectivity index (χ0n) is 15.4. The molecule has 24 heavy (non-hydrogen) atoms. The fourth-order valence-corrected chi connectivity index (χ4v) is 4.49. The number of aliphatic hydroxyl groups excluding tert-OH is 1. The van der Waals surface area contributed by atoms with Gasteiger partial charge in [-0.05, 0) is 50.6 Å². The molecule has 5 heteroatoms. The van der Waals surface area contributed by atoms with Crippen molar-refractivity contribution < 1.29 is 5.11 Å². The summed E-state index contributed by atoms with van der Waals surface area (Å²) >= 11 is 0. The average Bonchev–Trinajstić information content (AvgIpc) is 2.95. The quantitative estimate of drug-likeness (QED) is 0.867. The van der Waals surface area contributed by atoms with Crippen molar-refractivity contribution in [2.75, 3.05) is 39.3 Å². The summed E-state index contributed by atoms with van der Waals surface area (Å²) in [5.74, 6) is 2.69. The van der Waals surface area contributed by atoms with Crippen LogP contribution in [-0.2, 0) is 6.54 Å². The molecule has 0 aliphatic carbocycles. The highest BCUT2D eigenvalue weighted by Gasteiger charge is 2.35. The standard InChI is InChI=1S/C19H34N4O/c1-16(2)15-23-10-3-9-22-13-7-20-19(22)18(23)17-5-11-21(12-6-17)8-4-14-24/h7,13,16-18,24H,3-6,8-12,14-15H2,1-2H3. The van der Waals surface area contributed by atoms with Crippen LogP contribution in [0.1, 0.15) is 51.4 Å². The Morgan fingerprint density at radius 2 is 2.00 bits per heavy atom. The number of hydrogen-bond donors (Lipinski definition) is 1. The zero-order valence-corrected chi connectivity index (χ0v) is 15.4. The van der Waals surface area contributed by atoms with E-state index in [1.54, 1.807) is 0 Å². The third kappa shape index (κ3) is 4.19. The number of aromatic nitrogens is 2. The van der Waals surface area contributed by atoms with Crippen molar-refractivity contribution in [2.24, 2.45) is 11.8 Å². The lowest BCUT2D eigenvalue weighted by molar-refractivity contribution is 0.0744. The van der Waals surface area contributed by atoms with Gasteiger partial charge in [-0.25, -0.2) is 4.98 Å². The number of fused-ring (bicyclic) bond motifs is 1. The molecule has 0 bridgehead atoms. The van der Waals surface area contributed by atoms with E-state index in [2.05, 4.69) is 34.4 Å². The summed E-state index contributed by atoms with van der Waals surface area (Å²) < 4.78 is 2.39. The number of nitrogens with zero attached hydrogens (tertiary/aromatic N) is 4. The summed E-state index contributed by atoms with van der Waals surface area (Å²) in [6.45, 7) is 11.8. The predicted molar refractivity (Wildman–Crippen MR) is 96.9 cm³/mol. The fraction of sp³-hybridized carbons (Fsp3) is 0.842. The molecule has 0 spiro atoms. The van der Waals surface area contributed by atoms with Crippen molar-refractivity contribution in [3.05, 3.63) is 18.2 Å². The number of hydrogen-bond acceptors (Lipinski definition) is 4. The Morgan fingerprint density at radius 1 is 1.21 bits per heavy atom. The van der Waals surface area contributed by atoms with Crippen LogP contribution < -0.4 is 0 Å². The molecule has 3 heterocycles. The van der Waals surface area contributed by atoms with Gasteiger partial charge in [-0.2, -0.15) is 0 Å². The third-order valence-electron chi connectivity index (χ3n) is 5.56. The number of imidazole rings is 1. The predicted octanol–water partition coefficient (Wildman–Crippen LogP) is 2.38. The first-order valence-corrected chi connectivity index (χ1v) is 9.77. The van der Waals surface area contributed by atoms with Crippen molar-refractivity contribution in [3.8, 4) is 0 Å². The van der Waals surface area contributed by atoms with E-state index >= 15 is 0 Å². The van der Waals surface area contributed by atoms with E-state index < -0.39 is 0 Å². The van der Waals surface area contributed by atoms with Crippen LogP contribution in [0.3, 0.4) is 0 Å². The maximum Gasteiger partial charge on any atom is 0.126 e. The highest BCUT2D eigenvalue weighted by atomic mass is 16.3. The summed E-state index contributed by atoms with van der Waals surface area (Å²) in [6, 6.07) is 0.477. The van der Waals surface area contributed by atoms with E-state index in [9.17, 15) is 0 Å². The first-order chi connectivity index (χ1) is 11.7. The molecule has 1 aromatic heterocycles. The molecule has 1 fully saturated rings. The van der Waals surface area contributed by atoms with Gasteiger partial charge in [0.05, 0.1) is 6.04 Å². The van der Waals surface area contributed by atoms with Gasteiger partial charge in [0.25, 0.3) is 0 Å². The van der Waals surface area contributed by atoms with Crippen molar-refractivity contribution in [1.29, 1.82) is 0 Å². The largest absolute Gasteiger partial charge is 0.396 e. The molecule has 1 atom stereocenters. The van der Waals surface area contributed by atoms with E-state index in [0.29, 0.717) is 24.5 Å². The highest BCUT2D eigenvalue weighted by Crippen LogP contribution is 2.37. The second kappa shape index (κ2) is 8.45. The van der Waals surface area contributed by atoms with Crippen LogP contribution in [0.4, 0.5) is 0 Å². The molecular weight excluding hydrogens is 300 g/mol. The van der Waals surface area contributed by atoms with Gasteiger partial charge in [-0.15, -0.1) is 0 Å². The minimum Gasteiger partial charge on any atom is -0.396 e. The topological polar surface area (TPSA) is 44.5 Å². The smallest absolute Gasteiger partial charge is 0.126 e. The number of aliphatic hydroxyl groups is 1. The van der Waals surface area contributed by atoms with Crippen LogP contribution in [0, 0.1) is 11.8 Å². The highest BCUT2D eigenvalue weighted by molar-refractivity contribution is 5.05. The van der Waals surface area contributed by atoms with Gasteiger partial charge in [-0.1, -0.05) is 13.8 Å². The fourth-order valence-electron chi connectivity index (χ4n) is 4.49. The molecule has 136 valence electrons. The maximum absolute atomic E-state index is 9.04. The first kappa shape index (κ1) is 17.9. The van der Waals surface area contributed by atoms with Gasteiger partial charge in [0.15, 0.2) is 0 Å². The molecule has 1 saturated heterocycles. The summed E-state index contributed by atoms with van der Waals surface area (Å²) in [5.41, 5.74) is 0. The van der Waals surface area contributed by atoms with Crippen molar-refractivity contribution in [2.45, 2.75) is 52.1 Å². The molecule has 0 radical (unpaired) electrons. The van der Waals surface area contributed by atoms with Crippen LogP contribution >= 0.6 is 0 Å². The van der Waals surface area contributed by atoms with E-state index in [4.69, 9.17) is 10.1 Å². The Morgan fingerprint density at radius 3 is 2.71 bits per heavy atom. The minimum atomic E-state index is 0.308. The zero-order chi connectivity index (χ0) is 16.9. The van der Waals surface area contributed by atoms with E-state index in [1.807, 2.05) is 6.20 Å². The van der Waals surface area contributed by atoms with Gasteiger partial charge in [0, 0.05) is 45.2 Å². The lowest BCUT2D eigenvalue weighted by Crippen LogP contribution is -2.42. The first-order valence-electron chi connectivity index (χ1n) is 9.77. The Labute approximate surface area is 146 Å². The molecular formula is C19H34N4O. The summed E-state index contributed by atoms with van der Waals surface area (Å²) in [5, 5.41) is 9.04. The number of rotatable bonds is 6. The van der Waals surface area contributed by atoms with E-state index in [1.165, 1.54) is 38.2 Å². The molecule has 1 aromatic rings. The molecule has 0 aromatic carbocycles. The van der Waals surface area contributed by atoms with Crippen LogP contribution in [0.2, 0.25) is 0 Å². The van der Waals surface area contributed by atoms with Crippen LogP contribution in [0.25, 0.3) is 0 Å². The summed E-state index contributed by atoms with van der Waals surface area (Å²) in [6.07, 6.45) is 8.77. The Bertz CT molecular complexity index is 493. The van der Waals surface area contributed by atoms with Gasteiger partial charge < -0.3 is 14.6 Å². The Balaban J connectivity index is 1.72. The number of aryl methyl sites for hydroxylation is 1. The maximum atomic E-state index is 9.04. The monoisotopic (exact) mass is 334 g/mol. The second-order valence-corrected chi connectivity index (χ2v) is 7.92. The van der Waals surface area contributed by atoms with Crippen LogP contribution in [-0.4, -0.2) is 63.8 Å². The molecule has 3 rings (SSSR count). The van der Waals surface area contributed by atoms with Crippen LogP contribution in [0.5, 0.6) is 0 Å². The molecule has 2 aliphatic rings. The molecule has 1 unspecified atom stereocenters. The van der Waals surface area contributed by atoms with Gasteiger partial charge in [-0.3, -0.25) is 4.90 Å². The van der Waals surface area contributed by atoms with Gasteiger partial charge >= 0.3 is 0 Å². The molecule has 0 amide bonds. The van der Waals surface area contributed by atoms with Crippen molar-refractivity contribution in [3.63, 3.8) is 0 Å². The minimum absolute atomic E-state index is 0.308. The molecule has 1 N–H and O–H groups in total.